The first-order valence-corrected chi connectivity index (χ1v) is 10.7. The van der Waals surface area contributed by atoms with E-state index in [1.54, 1.807) is 26.4 Å². The zero-order valence-electron chi connectivity index (χ0n) is 18.0. The Morgan fingerprint density at radius 1 is 1.09 bits per heavy atom. The number of carbonyl (C=O) groups excluding carboxylic acids is 1. The number of furan rings is 1. The molecule has 0 fully saturated rings. The average Bonchev–Trinajstić information content (AvgIpc) is 3.54. The van der Waals surface area contributed by atoms with E-state index in [1.807, 2.05) is 48.5 Å². The van der Waals surface area contributed by atoms with Gasteiger partial charge in [0.05, 0.1) is 32.2 Å². The number of halogens is 1. The monoisotopic (exact) mass is 461 g/mol. The first-order valence-electron chi connectivity index (χ1n) is 10.3. The van der Waals surface area contributed by atoms with Crippen LogP contribution in [0.4, 0.5) is 0 Å². The zero-order chi connectivity index (χ0) is 22.9. The third-order valence-corrected chi connectivity index (χ3v) is 5.94. The van der Waals surface area contributed by atoms with Crippen LogP contribution in [0.2, 0.25) is 5.15 Å². The summed E-state index contributed by atoms with van der Waals surface area (Å²) in [4.78, 5) is 17.8. The fourth-order valence-electron chi connectivity index (χ4n) is 3.97. The Balaban J connectivity index is 1.59. The van der Waals surface area contributed by atoms with Crippen LogP contribution >= 0.6 is 11.6 Å². The summed E-state index contributed by atoms with van der Waals surface area (Å²) < 4.78 is 16.0. The molecule has 0 saturated carbocycles. The number of ether oxygens (including phenoxy) is 2. The number of carbonyl (C=O) groups is 1. The summed E-state index contributed by atoms with van der Waals surface area (Å²) in [6.07, 6.45) is 1.93. The van der Waals surface area contributed by atoms with Crippen molar-refractivity contribution >= 4 is 34.1 Å². The van der Waals surface area contributed by atoms with Gasteiger partial charge < -0.3 is 13.9 Å². The summed E-state index contributed by atoms with van der Waals surface area (Å²) in [5, 5.41) is 7.25. The smallest absolute Gasteiger partial charge is 0.310 e. The van der Waals surface area contributed by atoms with Crippen molar-refractivity contribution < 1.29 is 18.7 Å². The highest BCUT2D eigenvalue weighted by molar-refractivity contribution is 6.30. The van der Waals surface area contributed by atoms with Gasteiger partial charge in [-0.2, -0.15) is 5.10 Å². The number of hydrogen-bond acceptors (Lipinski definition) is 6. The standard InChI is InChI=1S/C25H20ClN3O4/c1-31-17-10-8-15(9-11-17)19-14-20(29(28-19)25(30)22-7-4-12-33-22)18-13-16-5-3-6-21(32-2)23(16)27-24(18)26/h3-13,20H,14H2,1-2H3/t20-/m1/s1. The van der Waals surface area contributed by atoms with Crippen molar-refractivity contribution in [3.05, 3.63) is 89.0 Å². The average molecular weight is 462 g/mol. The number of rotatable bonds is 5. The molecule has 1 aliphatic rings. The first-order chi connectivity index (χ1) is 16.1. The molecule has 0 saturated heterocycles. The van der Waals surface area contributed by atoms with E-state index in [0.29, 0.717) is 28.4 Å². The summed E-state index contributed by atoms with van der Waals surface area (Å²) in [6, 6.07) is 18.0. The van der Waals surface area contributed by atoms with E-state index in [-0.39, 0.29) is 11.7 Å². The summed E-state index contributed by atoms with van der Waals surface area (Å²) >= 11 is 6.64. The molecule has 8 heteroatoms. The minimum Gasteiger partial charge on any atom is -0.497 e. The molecular weight excluding hydrogens is 442 g/mol. The van der Waals surface area contributed by atoms with Gasteiger partial charge in [0, 0.05) is 17.4 Å². The molecule has 0 bridgehead atoms. The largest absolute Gasteiger partial charge is 0.497 e. The van der Waals surface area contributed by atoms with Crippen molar-refractivity contribution in [1.29, 1.82) is 0 Å². The Morgan fingerprint density at radius 2 is 1.91 bits per heavy atom. The van der Waals surface area contributed by atoms with Crippen LogP contribution in [-0.2, 0) is 0 Å². The van der Waals surface area contributed by atoms with Crippen LogP contribution < -0.4 is 9.47 Å². The van der Waals surface area contributed by atoms with Crippen LogP contribution in [0.15, 0.2) is 76.4 Å². The second-order valence-electron chi connectivity index (χ2n) is 7.52. The number of aromatic nitrogens is 1. The first kappa shape index (κ1) is 21.0. The molecule has 0 unspecified atom stereocenters. The molecule has 5 rings (SSSR count). The number of hydrazone groups is 1. The van der Waals surface area contributed by atoms with Crippen LogP contribution in [0.3, 0.4) is 0 Å². The fraction of sp³-hybridized carbons (Fsp3) is 0.160. The Labute approximate surface area is 195 Å². The van der Waals surface area contributed by atoms with E-state index < -0.39 is 6.04 Å². The third-order valence-electron chi connectivity index (χ3n) is 5.64. The lowest BCUT2D eigenvalue weighted by atomic mass is 9.98. The van der Waals surface area contributed by atoms with Crippen molar-refractivity contribution in [2.45, 2.75) is 12.5 Å². The van der Waals surface area contributed by atoms with Gasteiger partial charge >= 0.3 is 5.91 Å². The number of pyridine rings is 1. The molecule has 0 aliphatic carbocycles. The molecular formula is C25H20ClN3O4. The normalized spacial score (nSPS) is 15.5. The van der Waals surface area contributed by atoms with Crippen LogP contribution in [0.5, 0.6) is 11.5 Å². The Bertz CT molecular complexity index is 1350. The molecule has 1 atom stereocenters. The zero-order valence-corrected chi connectivity index (χ0v) is 18.7. The van der Waals surface area contributed by atoms with E-state index in [9.17, 15) is 4.79 Å². The lowest BCUT2D eigenvalue weighted by Crippen LogP contribution is -2.27. The van der Waals surface area contributed by atoms with Crippen LogP contribution in [0, 0.1) is 0 Å². The number of methoxy groups -OCH3 is 2. The quantitative estimate of drug-likeness (QED) is 0.367. The maximum atomic E-state index is 13.3. The Kier molecular flexibility index (Phi) is 5.48. The van der Waals surface area contributed by atoms with E-state index in [0.717, 1.165) is 22.4 Å². The predicted octanol–water partition coefficient (Wildman–Crippen LogP) is 5.49. The van der Waals surface area contributed by atoms with Crippen molar-refractivity contribution in [3.8, 4) is 11.5 Å². The van der Waals surface area contributed by atoms with Crippen molar-refractivity contribution in [3.63, 3.8) is 0 Å². The van der Waals surface area contributed by atoms with Gasteiger partial charge in [-0.3, -0.25) is 4.79 Å². The summed E-state index contributed by atoms with van der Waals surface area (Å²) in [5.41, 5.74) is 3.00. The summed E-state index contributed by atoms with van der Waals surface area (Å²) in [6.45, 7) is 0. The highest BCUT2D eigenvalue weighted by Crippen LogP contribution is 2.39. The summed E-state index contributed by atoms with van der Waals surface area (Å²) in [5.74, 6) is 1.22. The number of amides is 1. The molecule has 1 aliphatic heterocycles. The minimum absolute atomic E-state index is 0.200. The molecule has 1 amide bonds. The molecule has 3 heterocycles. The van der Waals surface area contributed by atoms with E-state index >= 15 is 0 Å². The highest BCUT2D eigenvalue weighted by Gasteiger charge is 2.36. The van der Waals surface area contributed by atoms with Gasteiger partial charge in [0.25, 0.3) is 0 Å². The molecule has 7 nitrogen and oxygen atoms in total. The maximum absolute atomic E-state index is 13.3. The molecule has 2 aromatic carbocycles. The van der Waals surface area contributed by atoms with Gasteiger partial charge in [-0.25, -0.2) is 9.99 Å². The highest BCUT2D eigenvalue weighted by atomic mass is 35.5. The SMILES string of the molecule is COc1ccc(C2=NN(C(=O)c3ccco3)[C@@H](c3cc4cccc(OC)c4nc3Cl)C2)cc1. The number of benzene rings is 2. The van der Waals surface area contributed by atoms with E-state index in [1.165, 1.54) is 11.3 Å². The van der Waals surface area contributed by atoms with E-state index in [4.69, 9.17) is 25.5 Å². The third kappa shape index (κ3) is 3.81. The van der Waals surface area contributed by atoms with Crippen LogP contribution in [0.25, 0.3) is 10.9 Å². The predicted molar refractivity (Wildman–Crippen MR) is 125 cm³/mol. The van der Waals surface area contributed by atoms with Gasteiger partial charge in [-0.05, 0) is 54.1 Å². The molecule has 4 aromatic rings. The molecule has 0 spiro atoms. The minimum atomic E-state index is -0.449. The number of para-hydroxylation sites is 1. The van der Waals surface area contributed by atoms with Crippen molar-refractivity contribution in [2.75, 3.05) is 14.2 Å². The Hall–Kier alpha value is -3.84. The Morgan fingerprint density at radius 3 is 2.61 bits per heavy atom. The molecule has 2 aromatic heterocycles. The maximum Gasteiger partial charge on any atom is 0.310 e. The van der Waals surface area contributed by atoms with Crippen LogP contribution in [-0.4, -0.2) is 35.8 Å². The van der Waals surface area contributed by atoms with Gasteiger partial charge in [-0.15, -0.1) is 0 Å². The lowest BCUT2D eigenvalue weighted by Gasteiger charge is -2.22. The molecule has 166 valence electrons. The van der Waals surface area contributed by atoms with E-state index in [2.05, 4.69) is 10.1 Å². The van der Waals surface area contributed by atoms with Crippen molar-refractivity contribution in [1.82, 2.24) is 9.99 Å². The molecule has 0 N–H and O–H groups in total. The van der Waals surface area contributed by atoms with Gasteiger partial charge in [-0.1, -0.05) is 23.7 Å². The fourth-order valence-corrected chi connectivity index (χ4v) is 4.24. The summed E-state index contributed by atoms with van der Waals surface area (Å²) in [7, 11) is 3.21. The molecule has 33 heavy (non-hydrogen) atoms. The number of hydrogen-bond donors (Lipinski definition) is 0. The second kappa shape index (κ2) is 8.60. The lowest BCUT2D eigenvalue weighted by molar-refractivity contribution is 0.0678. The molecule has 0 radical (unpaired) electrons. The second-order valence-corrected chi connectivity index (χ2v) is 7.88. The van der Waals surface area contributed by atoms with Crippen LogP contribution in [0.1, 0.15) is 34.1 Å². The van der Waals surface area contributed by atoms with Gasteiger partial charge in [0.15, 0.2) is 5.76 Å². The number of nitrogens with zero attached hydrogens (tertiary/aromatic N) is 3. The number of fused-ring (bicyclic) bond motifs is 1. The van der Waals surface area contributed by atoms with Gasteiger partial charge in [0.2, 0.25) is 0 Å². The van der Waals surface area contributed by atoms with Crippen molar-refractivity contribution in [2.24, 2.45) is 5.10 Å². The van der Waals surface area contributed by atoms with Gasteiger partial charge in [0.1, 0.15) is 22.2 Å². The topological polar surface area (TPSA) is 77.2 Å².